The first-order chi connectivity index (χ1) is 8.80. The Hall–Kier alpha value is -1.98. The maximum Gasteiger partial charge on any atom is 0.416 e. The van der Waals surface area contributed by atoms with E-state index in [9.17, 15) is 18.0 Å². The number of hydrogen-bond acceptors (Lipinski definition) is 1. The number of aromatic amines is 1. The van der Waals surface area contributed by atoms with Gasteiger partial charge in [0.2, 0.25) is 0 Å². The summed E-state index contributed by atoms with van der Waals surface area (Å²) in [6.45, 7) is 3.74. The van der Waals surface area contributed by atoms with Crippen molar-refractivity contribution in [3.63, 3.8) is 0 Å². The predicted octanol–water partition coefficient (Wildman–Crippen LogP) is 3.31. The number of alkyl halides is 3. The molecule has 0 aliphatic rings. The fourth-order valence-corrected chi connectivity index (χ4v) is 1.89. The van der Waals surface area contributed by atoms with Gasteiger partial charge in [-0.1, -0.05) is 19.9 Å². The summed E-state index contributed by atoms with van der Waals surface area (Å²) in [5.41, 5.74) is -0.357. The molecule has 2 aromatic rings. The highest BCUT2D eigenvalue weighted by Crippen LogP contribution is 2.30. The van der Waals surface area contributed by atoms with Crippen LogP contribution in [0.5, 0.6) is 0 Å². The highest BCUT2D eigenvalue weighted by molar-refractivity contribution is 5.39. The fourth-order valence-electron chi connectivity index (χ4n) is 1.89. The molecule has 1 heterocycles. The minimum absolute atomic E-state index is 0.0218. The Morgan fingerprint density at radius 1 is 1.26 bits per heavy atom. The van der Waals surface area contributed by atoms with Crippen LogP contribution in [-0.4, -0.2) is 9.55 Å². The highest BCUT2D eigenvalue weighted by Gasteiger charge is 2.30. The normalized spacial score (nSPS) is 12.1. The molecule has 1 aromatic heterocycles. The average molecular weight is 270 g/mol. The quantitative estimate of drug-likeness (QED) is 0.893. The second-order valence-corrected chi connectivity index (χ2v) is 4.56. The smallest absolute Gasteiger partial charge is 0.312 e. The van der Waals surface area contributed by atoms with Gasteiger partial charge in [-0.05, 0) is 24.1 Å². The molecule has 3 nitrogen and oxygen atoms in total. The zero-order chi connectivity index (χ0) is 14.2. The van der Waals surface area contributed by atoms with Crippen molar-refractivity contribution in [1.29, 1.82) is 0 Å². The van der Waals surface area contributed by atoms with E-state index in [1.54, 1.807) is 0 Å². The van der Waals surface area contributed by atoms with Gasteiger partial charge in [0, 0.05) is 11.9 Å². The van der Waals surface area contributed by atoms with Crippen LogP contribution < -0.4 is 5.69 Å². The topological polar surface area (TPSA) is 37.8 Å². The lowest BCUT2D eigenvalue weighted by Crippen LogP contribution is -2.18. The van der Waals surface area contributed by atoms with E-state index in [-0.39, 0.29) is 11.6 Å². The first-order valence-electron chi connectivity index (χ1n) is 5.78. The molecule has 6 heteroatoms. The minimum Gasteiger partial charge on any atom is -0.312 e. The Balaban J connectivity index is 2.60. The Bertz CT molecular complexity index is 638. The van der Waals surface area contributed by atoms with Gasteiger partial charge < -0.3 is 4.98 Å². The molecule has 0 radical (unpaired) electrons. The van der Waals surface area contributed by atoms with E-state index in [1.165, 1.54) is 22.9 Å². The van der Waals surface area contributed by atoms with E-state index in [1.807, 2.05) is 13.8 Å². The van der Waals surface area contributed by atoms with Crippen LogP contribution in [0.2, 0.25) is 0 Å². The Morgan fingerprint density at radius 2 is 1.95 bits per heavy atom. The lowest BCUT2D eigenvalue weighted by Gasteiger charge is -2.12. The van der Waals surface area contributed by atoms with Gasteiger partial charge in [0.1, 0.15) is 0 Å². The molecule has 0 aliphatic heterocycles. The number of H-pyrrole nitrogens is 1. The van der Waals surface area contributed by atoms with Crippen molar-refractivity contribution in [1.82, 2.24) is 9.55 Å². The van der Waals surface area contributed by atoms with Crippen LogP contribution in [0.15, 0.2) is 35.3 Å². The monoisotopic (exact) mass is 270 g/mol. The molecule has 0 unspecified atom stereocenters. The number of imidazole rings is 1. The van der Waals surface area contributed by atoms with Crippen LogP contribution in [-0.2, 0) is 6.18 Å². The van der Waals surface area contributed by atoms with E-state index in [2.05, 4.69) is 4.98 Å². The number of aromatic nitrogens is 2. The number of rotatable bonds is 2. The van der Waals surface area contributed by atoms with Crippen LogP contribution in [0.1, 0.15) is 31.0 Å². The summed E-state index contributed by atoms with van der Waals surface area (Å²) in [4.78, 5) is 14.2. The molecular weight excluding hydrogens is 257 g/mol. The number of benzene rings is 1. The van der Waals surface area contributed by atoms with Crippen LogP contribution in [0.3, 0.4) is 0 Å². The largest absolute Gasteiger partial charge is 0.416 e. The van der Waals surface area contributed by atoms with Gasteiger partial charge in [0.05, 0.1) is 11.3 Å². The van der Waals surface area contributed by atoms with Crippen molar-refractivity contribution in [2.75, 3.05) is 0 Å². The minimum atomic E-state index is -4.42. The molecule has 102 valence electrons. The maximum absolute atomic E-state index is 12.7. The predicted molar refractivity (Wildman–Crippen MR) is 65.5 cm³/mol. The maximum atomic E-state index is 12.7. The molecular formula is C13H13F3N2O. The Morgan fingerprint density at radius 3 is 2.53 bits per heavy atom. The zero-order valence-corrected chi connectivity index (χ0v) is 10.5. The molecule has 0 bridgehead atoms. The third-order valence-electron chi connectivity index (χ3n) is 2.83. The zero-order valence-electron chi connectivity index (χ0n) is 10.5. The molecule has 0 saturated carbocycles. The molecule has 0 aliphatic carbocycles. The summed E-state index contributed by atoms with van der Waals surface area (Å²) in [5.74, 6) is 0.0218. The summed E-state index contributed by atoms with van der Waals surface area (Å²) in [6.07, 6.45) is -2.90. The van der Waals surface area contributed by atoms with Gasteiger partial charge in [-0.15, -0.1) is 0 Å². The van der Waals surface area contributed by atoms with Crippen LogP contribution in [0.4, 0.5) is 13.2 Å². The molecule has 1 aromatic carbocycles. The van der Waals surface area contributed by atoms with Gasteiger partial charge in [0.15, 0.2) is 0 Å². The third kappa shape index (κ3) is 2.57. The van der Waals surface area contributed by atoms with Crippen LogP contribution >= 0.6 is 0 Å². The number of nitrogens with one attached hydrogen (secondary N) is 1. The first kappa shape index (κ1) is 13.5. The van der Waals surface area contributed by atoms with Crippen LogP contribution in [0.25, 0.3) is 5.69 Å². The van der Waals surface area contributed by atoms with Crippen molar-refractivity contribution >= 4 is 0 Å². The van der Waals surface area contributed by atoms with Gasteiger partial charge in [-0.2, -0.15) is 13.2 Å². The second-order valence-electron chi connectivity index (χ2n) is 4.56. The summed E-state index contributed by atoms with van der Waals surface area (Å²) < 4.78 is 39.3. The lowest BCUT2D eigenvalue weighted by atomic mass is 10.1. The molecule has 1 N–H and O–H groups in total. The second kappa shape index (κ2) is 4.60. The van der Waals surface area contributed by atoms with Gasteiger partial charge in [0.25, 0.3) is 0 Å². The van der Waals surface area contributed by atoms with Gasteiger partial charge in [-0.3, -0.25) is 4.57 Å². The number of halogens is 3. The van der Waals surface area contributed by atoms with Crippen molar-refractivity contribution in [3.05, 3.63) is 52.2 Å². The lowest BCUT2D eigenvalue weighted by molar-refractivity contribution is -0.137. The molecule has 0 spiro atoms. The van der Waals surface area contributed by atoms with Crippen LogP contribution in [0, 0.1) is 0 Å². The van der Waals surface area contributed by atoms with Gasteiger partial charge in [-0.25, -0.2) is 4.79 Å². The van der Waals surface area contributed by atoms with E-state index < -0.39 is 17.4 Å². The van der Waals surface area contributed by atoms with Crippen molar-refractivity contribution in [2.24, 2.45) is 0 Å². The molecule has 19 heavy (non-hydrogen) atoms. The first-order valence-corrected chi connectivity index (χ1v) is 5.78. The summed E-state index contributed by atoms with van der Waals surface area (Å²) in [6, 6.07) is 4.73. The molecule has 0 atom stereocenters. The molecule has 0 saturated heterocycles. The highest BCUT2D eigenvalue weighted by atomic mass is 19.4. The van der Waals surface area contributed by atoms with E-state index >= 15 is 0 Å². The summed E-state index contributed by atoms with van der Waals surface area (Å²) >= 11 is 0. The fraction of sp³-hybridized carbons (Fsp3) is 0.308. The van der Waals surface area contributed by atoms with Crippen molar-refractivity contribution < 1.29 is 13.2 Å². The summed E-state index contributed by atoms with van der Waals surface area (Å²) in [7, 11) is 0. The molecule has 2 rings (SSSR count). The standard InChI is InChI=1S/C13H13F3N2O/c1-8(2)11-7-17-12(19)18(11)10-5-3-4-9(6-10)13(14,15)16/h3-8H,1-2H3,(H,17,19). The Labute approximate surface area is 107 Å². The molecule has 0 fully saturated rings. The van der Waals surface area contributed by atoms with Crippen molar-refractivity contribution in [3.8, 4) is 5.69 Å². The average Bonchev–Trinajstić information content (AvgIpc) is 2.70. The summed E-state index contributed by atoms with van der Waals surface area (Å²) in [5, 5.41) is 0. The number of nitrogens with zero attached hydrogens (tertiary/aromatic N) is 1. The van der Waals surface area contributed by atoms with Gasteiger partial charge >= 0.3 is 11.9 Å². The molecule has 0 amide bonds. The Kier molecular flexibility index (Phi) is 3.26. The number of hydrogen-bond donors (Lipinski definition) is 1. The van der Waals surface area contributed by atoms with E-state index in [4.69, 9.17) is 0 Å². The van der Waals surface area contributed by atoms with Crippen molar-refractivity contribution in [2.45, 2.75) is 25.9 Å². The SMILES string of the molecule is CC(C)c1c[nH]c(=O)n1-c1cccc(C(F)(F)F)c1. The third-order valence-corrected chi connectivity index (χ3v) is 2.83. The van der Waals surface area contributed by atoms with E-state index in [0.29, 0.717) is 5.69 Å². The van der Waals surface area contributed by atoms with E-state index in [0.717, 1.165) is 12.1 Å².